The Hall–Kier alpha value is -1.81. The van der Waals surface area contributed by atoms with E-state index in [1.807, 2.05) is 48.5 Å². The number of hydrogen-bond acceptors (Lipinski definition) is 2. The van der Waals surface area contributed by atoms with Crippen LogP contribution in [0, 0.1) is 0 Å². The average molecular weight is 334 g/mol. The molecule has 104 valence electrons. The minimum absolute atomic E-state index is 0.0229. The number of benzene rings is 2. The highest BCUT2D eigenvalue weighted by atomic mass is 79.9. The number of nitrogens with one attached hydrogen (secondary N) is 1. The van der Waals surface area contributed by atoms with E-state index in [1.54, 1.807) is 7.11 Å². The summed E-state index contributed by atoms with van der Waals surface area (Å²) in [5.74, 6) is 0.702. The standard InChI is InChI=1S/C16H16BrNO2/c1-20-15-8-7-14(17)9-13(15)10-16(19)18-11-12-5-3-2-4-6-12/h2-9H,10-11H2,1H3,(H,18,19). The fourth-order valence-electron chi connectivity index (χ4n) is 1.92. The second kappa shape index (κ2) is 7.10. The van der Waals surface area contributed by atoms with Gasteiger partial charge in [0.1, 0.15) is 5.75 Å². The summed E-state index contributed by atoms with van der Waals surface area (Å²) < 4.78 is 6.20. The molecule has 1 N–H and O–H groups in total. The molecule has 0 atom stereocenters. The zero-order valence-electron chi connectivity index (χ0n) is 11.2. The van der Waals surface area contributed by atoms with Gasteiger partial charge in [-0.1, -0.05) is 46.3 Å². The van der Waals surface area contributed by atoms with Crippen LogP contribution in [0.3, 0.4) is 0 Å². The highest BCUT2D eigenvalue weighted by Gasteiger charge is 2.09. The van der Waals surface area contributed by atoms with Crippen LogP contribution in [0.5, 0.6) is 5.75 Å². The van der Waals surface area contributed by atoms with Crippen LogP contribution >= 0.6 is 15.9 Å². The van der Waals surface area contributed by atoms with Crippen molar-refractivity contribution in [2.45, 2.75) is 13.0 Å². The lowest BCUT2D eigenvalue weighted by Gasteiger charge is -2.09. The fourth-order valence-corrected chi connectivity index (χ4v) is 2.33. The molecule has 0 bridgehead atoms. The number of halogens is 1. The van der Waals surface area contributed by atoms with Gasteiger partial charge in [-0.2, -0.15) is 0 Å². The summed E-state index contributed by atoms with van der Waals surface area (Å²) in [6.07, 6.45) is 0.301. The topological polar surface area (TPSA) is 38.3 Å². The predicted molar refractivity (Wildman–Crippen MR) is 82.7 cm³/mol. The van der Waals surface area contributed by atoms with Crippen LogP contribution < -0.4 is 10.1 Å². The van der Waals surface area contributed by atoms with Crippen molar-refractivity contribution in [2.75, 3.05) is 7.11 Å². The maximum atomic E-state index is 12.0. The number of amides is 1. The van der Waals surface area contributed by atoms with Gasteiger partial charge in [-0.3, -0.25) is 4.79 Å². The zero-order chi connectivity index (χ0) is 14.4. The van der Waals surface area contributed by atoms with Crippen LogP contribution in [-0.2, 0) is 17.8 Å². The summed E-state index contributed by atoms with van der Waals surface area (Å²) in [6, 6.07) is 15.5. The van der Waals surface area contributed by atoms with Gasteiger partial charge < -0.3 is 10.1 Å². The summed E-state index contributed by atoms with van der Waals surface area (Å²) in [5.41, 5.74) is 1.95. The Morgan fingerprint density at radius 1 is 1.20 bits per heavy atom. The molecular formula is C16H16BrNO2. The van der Waals surface area contributed by atoms with Gasteiger partial charge in [0.2, 0.25) is 5.91 Å². The van der Waals surface area contributed by atoms with E-state index in [0.29, 0.717) is 13.0 Å². The van der Waals surface area contributed by atoms with Crippen molar-refractivity contribution >= 4 is 21.8 Å². The normalized spacial score (nSPS) is 10.1. The highest BCUT2D eigenvalue weighted by molar-refractivity contribution is 9.10. The summed E-state index contributed by atoms with van der Waals surface area (Å²) in [5, 5.41) is 2.91. The molecule has 0 aliphatic rings. The number of ether oxygens (including phenoxy) is 1. The fraction of sp³-hybridized carbons (Fsp3) is 0.188. The van der Waals surface area contributed by atoms with E-state index in [0.717, 1.165) is 21.3 Å². The molecule has 0 spiro atoms. The van der Waals surface area contributed by atoms with Crippen molar-refractivity contribution in [1.82, 2.24) is 5.32 Å². The molecule has 0 heterocycles. The van der Waals surface area contributed by atoms with Crippen LogP contribution in [0.15, 0.2) is 53.0 Å². The summed E-state index contributed by atoms with van der Waals surface area (Å²) in [7, 11) is 1.61. The van der Waals surface area contributed by atoms with Crippen LogP contribution in [0.25, 0.3) is 0 Å². The first-order chi connectivity index (χ1) is 9.69. The third kappa shape index (κ3) is 4.10. The molecule has 0 radical (unpaired) electrons. The van der Waals surface area contributed by atoms with Gasteiger partial charge in [0, 0.05) is 16.6 Å². The molecular weight excluding hydrogens is 318 g/mol. The third-order valence-corrected chi connectivity index (χ3v) is 3.42. The van der Waals surface area contributed by atoms with Crippen molar-refractivity contribution in [3.63, 3.8) is 0 Å². The second-order valence-electron chi connectivity index (χ2n) is 4.40. The molecule has 0 saturated carbocycles. The van der Waals surface area contributed by atoms with Crippen molar-refractivity contribution < 1.29 is 9.53 Å². The van der Waals surface area contributed by atoms with Crippen LogP contribution in [0.2, 0.25) is 0 Å². The van der Waals surface area contributed by atoms with Gasteiger partial charge >= 0.3 is 0 Å². The van der Waals surface area contributed by atoms with Gasteiger partial charge in [-0.25, -0.2) is 0 Å². The summed E-state index contributed by atoms with van der Waals surface area (Å²) in [6.45, 7) is 0.538. The summed E-state index contributed by atoms with van der Waals surface area (Å²) >= 11 is 3.40. The van der Waals surface area contributed by atoms with Crippen LogP contribution in [-0.4, -0.2) is 13.0 Å². The van der Waals surface area contributed by atoms with Crippen LogP contribution in [0.4, 0.5) is 0 Å². The van der Waals surface area contributed by atoms with E-state index in [-0.39, 0.29) is 5.91 Å². The van der Waals surface area contributed by atoms with E-state index in [9.17, 15) is 4.79 Å². The molecule has 0 aliphatic carbocycles. The number of hydrogen-bond donors (Lipinski definition) is 1. The lowest BCUT2D eigenvalue weighted by atomic mass is 10.1. The molecule has 2 aromatic rings. The van der Waals surface area contributed by atoms with Gasteiger partial charge in [0.05, 0.1) is 13.5 Å². The Balaban J connectivity index is 1.96. The molecule has 2 aromatic carbocycles. The first kappa shape index (κ1) is 14.6. The minimum Gasteiger partial charge on any atom is -0.496 e. The SMILES string of the molecule is COc1ccc(Br)cc1CC(=O)NCc1ccccc1. The molecule has 3 nitrogen and oxygen atoms in total. The van der Waals surface area contributed by atoms with Crippen LogP contribution in [0.1, 0.15) is 11.1 Å². The Kier molecular flexibility index (Phi) is 5.18. The molecule has 4 heteroatoms. The first-order valence-electron chi connectivity index (χ1n) is 6.32. The maximum Gasteiger partial charge on any atom is 0.224 e. The highest BCUT2D eigenvalue weighted by Crippen LogP contribution is 2.23. The van der Waals surface area contributed by atoms with Gasteiger partial charge in [-0.05, 0) is 23.8 Å². The minimum atomic E-state index is -0.0229. The Morgan fingerprint density at radius 3 is 2.65 bits per heavy atom. The smallest absolute Gasteiger partial charge is 0.224 e. The lowest BCUT2D eigenvalue weighted by Crippen LogP contribution is -2.24. The predicted octanol–water partition coefficient (Wildman–Crippen LogP) is 3.32. The Bertz CT molecular complexity index is 584. The van der Waals surface area contributed by atoms with Crippen molar-refractivity contribution in [2.24, 2.45) is 0 Å². The summed E-state index contributed by atoms with van der Waals surface area (Å²) in [4.78, 5) is 12.0. The van der Waals surface area contributed by atoms with E-state index in [1.165, 1.54) is 0 Å². The molecule has 0 aliphatic heterocycles. The number of rotatable bonds is 5. The molecule has 0 aromatic heterocycles. The van der Waals surface area contributed by atoms with Crippen molar-refractivity contribution in [3.8, 4) is 5.75 Å². The number of carbonyl (C=O) groups excluding carboxylic acids is 1. The van der Waals surface area contributed by atoms with E-state index in [2.05, 4.69) is 21.2 Å². The van der Waals surface area contributed by atoms with Gasteiger partial charge in [0.25, 0.3) is 0 Å². The van der Waals surface area contributed by atoms with Crippen molar-refractivity contribution in [1.29, 1.82) is 0 Å². The molecule has 0 unspecified atom stereocenters. The molecule has 2 rings (SSSR count). The molecule has 20 heavy (non-hydrogen) atoms. The van der Waals surface area contributed by atoms with E-state index < -0.39 is 0 Å². The average Bonchev–Trinajstić information content (AvgIpc) is 2.46. The zero-order valence-corrected chi connectivity index (χ0v) is 12.8. The van der Waals surface area contributed by atoms with Gasteiger partial charge in [-0.15, -0.1) is 0 Å². The van der Waals surface area contributed by atoms with E-state index in [4.69, 9.17) is 4.74 Å². The Labute approximate surface area is 127 Å². The number of methoxy groups -OCH3 is 1. The Morgan fingerprint density at radius 2 is 1.95 bits per heavy atom. The first-order valence-corrected chi connectivity index (χ1v) is 7.11. The number of carbonyl (C=O) groups is 1. The molecule has 0 saturated heterocycles. The third-order valence-electron chi connectivity index (χ3n) is 2.93. The quantitative estimate of drug-likeness (QED) is 0.911. The molecule has 1 amide bonds. The molecule has 0 fully saturated rings. The van der Waals surface area contributed by atoms with Gasteiger partial charge in [0.15, 0.2) is 0 Å². The monoisotopic (exact) mass is 333 g/mol. The van der Waals surface area contributed by atoms with Crippen molar-refractivity contribution in [3.05, 3.63) is 64.1 Å². The largest absolute Gasteiger partial charge is 0.496 e. The second-order valence-corrected chi connectivity index (χ2v) is 5.31. The maximum absolute atomic E-state index is 12.0. The lowest BCUT2D eigenvalue weighted by molar-refractivity contribution is -0.120. The van der Waals surface area contributed by atoms with E-state index >= 15 is 0 Å².